The number of fused-ring (bicyclic) bond motifs is 1. The molecule has 244 valence electrons. The summed E-state index contributed by atoms with van der Waals surface area (Å²) in [6.45, 7) is 0.552. The second-order valence-electron chi connectivity index (χ2n) is 11.1. The van der Waals surface area contributed by atoms with E-state index in [4.69, 9.17) is 22.9 Å². The highest BCUT2D eigenvalue weighted by atomic mass is 16.5. The first-order chi connectivity index (χ1) is 21.5. The molecule has 0 radical (unpaired) electrons. The molecule has 0 spiro atoms. The van der Waals surface area contributed by atoms with Gasteiger partial charge in [0.1, 0.15) is 18.1 Å². The van der Waals surface area contributed by atoms with Gasteiger partial charge in [-0.1, -0.05) is 42.5 Å². The molecular weight excluding hydrogens is 580 g/mol. The number of methoxy groups -OCH3 is 1. The van der Waals surface area contributed by atoms with Gasteiger partial charge in [0.05, 0.1) is 13.2 Å². The Bertz CT molecular complexity index is 1400. The van der Waals surface area contributed by atoms with Gasteiger partial charge in [0.25, 0.3) is 0 Å². The van der Waals surface area contributed by atoms with Crippen molar-refractivity contribution >= 4 is 46.3 Å². The molecule has 2 aromatic carbocycles. The van der Waals surface area contributed by atoms with Gasteiger partial charge < -0.3 is 43.2 Å². The van der Waals surface area contributed by atoms with Crippen molar-refractivity contribution in [3.8, 4) is 0 Å². The number of hydrogen-bond acceptors (Lipinski definition) is 8. The number of nitrogens with zero attached hydrogens (tertiary/aromatic N) is 2. The van der Waals surface area contributed by atoms with E-state index in [1.807, 2.05) is 42.5 Å². The fourth-order valence-electron chi connectivity index (χ4n) is 5.32. The Morgan fingerprint density at radius 3 is 2.40 bits per heavy atom. The van der Waals surface area contributed by atoms with Crippen LogP contribution in [0.2, 0.25) is 0 Å². The first kappa shape index (κ1) is 34.8. The zero-order valence-corrected chi connectivity index (χ0v) is 25.6. The number of benzene rings is 2. The summed E-state index contributed by atoms with van der Waals surface area (Å²) in [4.78, 5) is 69.7. The Labute approximate surface area is 262 Å². The van der Waals surface area contributed by atoms with Crippen LogP contribution in [0.5, 0.6) is 0 Å². The third-order valence-corrected chi connectivity index (χ3v) is 7.78. The Morgan fingerprint density at radius 1 is 0.978 bits per heavy atom. The number of primary amides is 1. The summed E-state index contributed by atoms with van der Waals surface area (Å²) in [7, 11) is 1.25. The number of guanidine groups is 1. The molecule has 3 rings (SSSR count). The van der Waals surface area contributed by atoms with E-state index < -0.39 is 53.8 Å². The van der Waals surface area contributed by atoms with Crippen molar-refractivity contribution in [2.75, 3.05) is 20.2 Å². The van der Waals surface area contributed by atoms with Gasteiger partial charge >= 0.3 is 5.97 Å². The van der Waals surface area contributed by atoms with Gasteiger partial charge in [-0.3, -0.25) is 29.0 Å². The lowest BCUT2D eigenvalue weighted by Crippen LogP contribution is -2.60. The van der Waals surface area contributed by atoms with Crippen molar-refractivity contribution in [3.05, 3.63) is 48.0 Å². The molecule has 14 heteroatoms. The molecule has 1 heterocycles. The van der Waals surface area contributed by atoms with Gasteiger partial charge in [0.2, 0.25) is 23.6 Å². The van der Waals surface area contributed by atoms with E-state index in [0.717, 1.165) is 16.3 Å². The summed E-state index contributed by atoms with van der Waals surface area (Å²) in [5.74, 6) is -2.90. The summed E-state index contributed by atoms with van der Waals surface area (Å²) in [5.41, 5.74) is 23.2. The van der Waals surface area contributed by atoms with Gasteiger partial charge in [-0.25, -0.2) is 0 Å². The maximum absolute atomic E-state index is 13.7. The summed E-state index contributed by atoms with van der Waals surface area (Å²) in [6.07, 6.45) is 2.46. The minimum absolute atomic E-state index is 0.0326. The van der Waals surface area contributed by atoms with Crippen LogP contribution in [-0.2, 0) is 35.1 Å². The maximum atomic E-state index is 13.7. The van der Waals surface area contributed by atoms with E-state index >= 15 is 0 Å². The molecule has 0 aromatic heterocycles. The first-order valence-corrected chi connectivity index (χ1v) is 15.1. The van der Waals surface area contributed by atoms with Crippen molar-refractivity contribution in [2.24, 2.45) is 27.9 Å². The Morgan fingerprint density at radius 2 is 1.71 bits per heavy atom. The fraction of sp³-hybridized carbons (Fsp3) is 0.484. The summed E-state index contributed by atoms with van der Waals surface area (Å²) in [6, 6.07) is 9.49. The van der Waals surface area contributed by atoms with Gasteiger partial charge in [-0.2, -0.15) is 0 Å². The van der Waals surface area contributed by atoms with Crippen molar-refractivity contribution in [1.29, 1.82) is 0 Å². The van der Waals surface area contributed by atoms with Crippen molar-refractivity contribution < 1.29 is 28.7 Å². The lowest BCUT2D eigenvalue weighted by atomic mass is 9.97. The van der Waals surface area contributed by atoms with Crippen molar-refractivity contribution in [2.45, 2.75) is 75.5 Å². The van der Waals surface area contributed by atoms with Crippen LogP contribution in [0.4, 0.5) is 0 Å². The number of hydrogen-bond donors (Lipinski definition) is 6. The quantitative estimate of drug-likeness (QED) is 0.0650. The maximum Gasteiger partial charge on any atom is 0.305 e. The number of amides is 4. The number of esters is 1. The zero-order valence-electron chi connectivity index (χ0n) is 25.6. The molecular formula is C31H44N8O6. The number of carbonyl (C=O) groups is 5. The monoisotopic (exact) mass is 624 g/mol. The smallest absolute Gasteiger partial charge is 0.305 e. The summed E-state index contributed by atoms with van der Waals surface area (Å²) in [5, 5.41) is 7.47. The van der Waals surface area contributed by atoms with Crippen LogP contribution in [0.3, 0.4) is 0 Å². The van der Waals surface area contributed by atoms with Crippen LogP contribution in [0.15, 0.2) is 47.5 Å². The molecule has 0 bridgehead atoms. The third kappa shape index (κ3) is 10.4. The van der Waals surface area contributed by atoms with Crippen LogP contribution in [0.25, 0.3) is 10.8 Å². The predicted octanol–water partition coefficient (Wildman–Crippen LogP) is -0.448. The molecule has 1 saturated heterocycles. The highest BCUT2D eigenvalue weighted by molar-refractivity contribution is 5.95. The molecule has 1 fully saturated rings. The Kier molecular flexibility index (Phi) is 13.1. The van der Waals surface area contributed by atoms with Gasteiger partial charge in [-0.05, 0) is 54.9 Å². The van der Waals surface area contributed by atoms with E-state index in [9.17, 15) is 24.0 Å². The average Bonchev–Trinajstić information content (AvgIpc) is 3.03. The molecule has 4 amide bonds. The number of ether oxygens (including phenoxy) is 1. The number of carbonyl (C=O) groups excluding carboxylic acids is 5. The van der Waals surface area contributed by atoms with E-state index in [1.54, 1.807) is 0 Å². The molecule has 10 N–H and O–H groups in total. The normalized spacial score (nSPS) is 16.6. The lowest BCUT2D eigenvalue weighted by Gasteiger charge is -2.37. The summed E-state index contributed by atoms with van der Waals surface area (Å²) < 4.78 is 4.64. The average molecular weight is 625 g/mol. The number of piperidine rings is 1. The van der Waals surface area contributed by atoms with Gasteiger partial charge in [-0.15, -0.1) is 0 Å². The summed E-state index contributed by atoms with van der Waals surface area (Å²) >= 11 is 0. The molecule has 4 atom stereocenters. The second-order valence-corrected chi connectivity index (χ2v) is 11.1. The minimum atomic E-state index is -1.09. The molecule has 2 aromatic rings. The lowest BCUT2D eigenvalue weighted by molar-refractivity contribution is -0.145. The predicted molar refractivity (Wildman–Crippen MR) is 169 cm³/mol. The topological polar surface area (TPSA) is 238 Å². The van der Waals surface area contributed by atoms with E-state index in [-0.39, 0.29) is 38.2 Å². The van der Waals surface area contributed by atoms with Gasteiger partial charge in [0, 0.05) is 25.9 Å². The van der Waals surface area contributed by atoms with Crippen molar-refractivity contribution in [1.82, 2.24) is 15.5 Å². The fourth-order valence-corrected chi connectivity index (χ4v) is 5.32. The highest BCUT2D eigenvalue weighted by Crippen LogP contribution is 2.21. The molecule has 0 unspecified atom stereocenters. The first-order valence-electron chi connectivity index (χ1n) is 15.1. The van der Waals surface area contributed by atoms with E-state index in [1.165, 1.54) is 12.0 Å². The van der Waals surface area contributed by atoms with Crippen LogP contribution in [0.1, 0.15) is 50.5 Å². The zero-order chi connectivity index (χ0) is 32.9. The minimum Gasteiger partial charge on any atom is -0.469 e. The van der Waals surface area contributed by atoms with Crippen LogP contribution < -0.4 is 33.6 Å². The molecule has 14 nitrogen and oxygen atoms in total. The highest BCUT2D eigenvalue weighted by Gasteiger charge is 2.36. The largest absolute Gasteiger partial charge is 0.469 e. The SMILES string of the molecule is COC(=O)CC[C@H](N)C(=O)N1CCCC[C@H]1C(=O)N[C@@H](Cc1ccc2ccccc2c1)C(=O)N[C@@H](CCCN=C(N)N)C(N)=O. The number of rotatable bonds is 15. The Hall–Kier alpha value is -4.72. The molecule has 1 aliphatic heterocycles. The number of aliphatic imine (C=N–C) groups is 1. The van der Waals surface area contributed by atoms with Crippen LogP contribution in [-0.4, -0.2) is 84.8 Å². The van der Waals surface area contributed by atoms with E-state index in [0.29, 0.717) is 32.2 Å². The standard InChI is InChI=1S/C31H44N8O6/c1-45-26(40)14-13-22(32)30(44)39-16-5-4-10-25(39)29(43)38-24(18-19-11-12-20-7-2-3-8-21(20)17-19)28(42)37-23(27(33)41)9-6-15-36-31(34)35/h2-3,7-8,11-12,17,22-25H,4-6,9-10,13-16,18,32H2,1H3,(H2,33,41)(H,37,42)(H,38,43)(H4,34,35,36)/t22-,23-,24-,25-/m0/s1. The molecule has 1 aliphatic rings. The second kappa shape index (κ2) is 16.9. The molecule has 45 heavy (non-hydrogen) atoms. The van der Waals surface area contributed by atoms with Gasteiger partial charge in [0.15, 0.2) is 5.96 Å². The Balaban J connectivity index is 1.81. The number of likely N-dealkylation sites (tertiary alicyclic amines) is 1. The van der Waals surface area contributed by atoms with Crippen LogP contribution in [0, 0.1) is 0 Å². The number of nitrogens with two attached hydrogens (primary N) is 4. The third-order valence-electron chi connectivity index (χ3n) is 7.78. The van der Waals surface area contributed by atoms with Crippen molar-refractivity contribution in [3.63, 3.8) is 0 Å². The number of nitrogens with one attached hydrogen (secondary N) is 2. The molecule has 0 saturated carbocycles. The van der Waals surface area contributed by atoms with E-state index in [2.05, 4.69) is 20.4 Å². The van der Waals surface area contributed by atoms with Crippen LogP contribution >= 0.6 is 0 Å². The molecule has 0 aliphatic carbocycles.